The number of amides is 4. The van der Waals surface area contributed by atoms with Crippen molar-refractivity contribution in [2.45, 2.75) is 24.9 Å². The lowest BCUT2D eigenvalue weighted by Gasteiger charge is -2.35. The third kappa shape index (κ3) is 4.12. The fourth-order valence-corrected chi connectivity index (χ4v) is 5.73. The molecule has 2 N–H and O–H groups in total. The quantitative estimate of drug-likeness (QED) is 0.310. The van der Waals surface area contributed by atoms with E-state index < -0.39 is 47.7 Å². The Morgan fingerprint density at radius 1 is 0.500 bits per heavy atom. The van der Waals surface area contributed by atoms with Crippen molar-refractivity contribution in [1.82, 2.24) is 9.80 Å². The number of benzene rings is 4. The van der Waals surface area contributed by atoms with E-state index in [-0.39, 0.29) is 45.9 Å². The van der Waals surface area contributed by atoms with Crippen molar-refractivity contribution >= 4 is 46.3 Å². The highest BCUT2D eigenvalue weighted by Crippen LogP contribution is 2.39. The third-order valence-corrected chi connectivity index (χ3v) is 7.69. The lowest BCUT2D eigenvalue weighted by molar-refractivity contribution is -0.142. The molecule has 0 saturated carbocycles. The minimum absolute atomic E-state index is 0.0300. The van der Waals surface area contributed by atoms with Gasteiger partial charge in [0.05, 0.1) is 0 Å². The molecule has 208 valence electrons. The predicted molar refractivity (Wildman–Crippen MR) is 148 cm³/mol. The van der Waals surface area contributed by atoms with E-state index in [1.54, 1.807) is 60.7 Å². The highest BCUT2D eigenvalue weighted by molar-refractivity contribution is 6.34. The number of rotatable bonds is 8. The summed E-state index contributed by atoms with van der Waals surface area (Å²) in [6, 6.07) is 19.4. The second-order valence-corrected chi connectivity index (χ2v) is 10.1. The van der Waals surface area contributed by atoms with Crippen molar-refractivity contribution < 1.29 is 39.0 Å². The summed E-state index contributed by atoms with van der Waals surface area (Å²) in [5.41, 5.74) is 1.10. The molecule has 6 rings (SSSR count). The second kappa shape index (κ2) is 10.1. The molecule has 4 amide bonds. The van der Waals surface area contributed by atoms with Crippen LogP contribution in [-0.2, 0) is 22.4 Å². The zero-order valence-electron chi connectivity index (χ0n) is 21.9. The number of imide groups is 2. The molecule has 0 fully saturated rings. The summed E-state index contributed by atoms with van der Waals surface area (Å²) in [7, 11) is 0. The molecule has 2 aliphatic heterocycles. The highest BCUT2D eigenvalue weighted by atomic mass is 16.4. The van der Waals surface area contributed by atoms with Crippen molar-refractivity contribution in [3.8, 4) is 0 Å². The summed E-state index contributed by atoms with van der Waals surface area (Å²) in [4.78, 5) is 80.8. The zero-order valence-corrected chi connectivity index (χ0v) is 21.9. The van der Waals surface area contributed by atoms with Crippen LogP contribution in [0.5, 0.6) is 0 Å². The Morgan fingerprint density at radius 2 is 0.786 bits per heavy atom. The Labute approximate surface area is 238 Å². The molecule has 0 saturated heterocycles. The van der Waals surface area contributed by atoms with Crippen LogP contribution in [0.1, 0.15) is 52.6 Å². The summed E-state index contributed by atoms with van der Waals surface area (Å²) in [6.45, 7) is 0. The fourth-order valence-electron chi connectivity index (χ4n) is 5.73. The Morgan fingerprint density at radius 3 is 1.05 bits per heavy atom. The van der Waals surface area contributed by atoms with Crippen LogP contribution in [0.3, 0.4) is 0 Å². The number of carbonyl (C=O) groups excluding carboxylic acids is 4. The molecule has 0 aromatic heterocycles. The summed E-state index contributed by atoms with van der Waals surface area (Å²) in [5.74, 6) is -6.20. The Bertz CT molecular complexity index is 1630. The van der Waals surface area contributed by atoms with Crippen LogP contribution in [0.15, 0.2) is 84.9 Å². The van der Waals surface area contributed by atoms with Gasteiger partial charge in [0.1, 0.15) is 12.1 Å². The molecule has 42 heavy (non-hydrogen) atoms. The SMILES string of the molecule is O=C(O)[C@H](Cc1ccccc1)N1C(=O)c2ccc3c4c(ccc(c24)C1=O)C(=O)N([C@@H](Cc1ccccc1)C(=O)O)C3=O. The van der Waals surface area contributed by atoms with Gasteiger partial charge in [0.2, 0.25) is 0 Å². The maximum Gasteiger partial charge on any atom is 0.327 e. The summed E-state index contributed by atoms with van der Waals surface area (Å²) >= 11 is 0. The van der Waals surface area contributed by atoms with Crippen molar-refractivity contribution in [1.29, 1.82) is 0 Å². The van der Waals surface area contributed by atoms with Gasteiger partial charge < -0.3 is 10.2 Å². The third-order valence-electron chi connectivity index (χ3n) is 7.69. The number of carbonyl (C=O) groups is 6. The first-order valence-electron chi connectivity index (χ1n) is 13.1. The van der Waals surface area contributed by atoms with Crippen molar-refractivity contribution in [3.05, 3.63) is 118 Å². The van der Waals surface area contributed by atoms with E-state index in [1.165, 1.54) is 24.3 Å². The van der Waals surface area contributed by atoms with Gasteiger partial charge in [0.15, 0.2) is 0 Å². The van der Waals surface area contributed by atoms with Crippen LogP contribution in [-0.4, -0.2) is 67.7 Å². The summed E-state index contributed by atoms with van der Waals surface area (Å²) in [6.07, 6.45) is -0.238. The first kappa shape index (κ1) is 26.6. The minimum Gasteiger partial charge on any atom is -0.480 e. The van der Waals surface area contributed by atoms with Crippen LogP contribution < -0.4 is 0 Å². The largest absolute Gasteiger partial charge is 0.480 e. The fraction of sp³-hybridized carbons (Fsp3) is 0.125. The van der Waals surface area contributed by atoms with Gasteiger partial charge in [-0.2, -0.15) is 0 Å². The van der Waals surface area contributed by atoms with Crippen LogP contribution >= 0.6 is 0 Å². The molecule has 0 spiro atoms. The maximum absolute atomic E-state index is 13.7. The van der Waals surface area contributed by atoms with Crippen molar-refractivity contribution in [3.63, 3.8) is 0 Å². The molecule has 0 unspecified atom stereocenters. The van der Waals surface area contributed by atoms with Gasteiger partial charge in [0.25, 0.3) is 23.6 Å². The van der Waals surface area contributed by atoms with Gasteiger partial charge in [0, 0.05) is 45.9 Å². The van der Waals surface area contributed by atoms with Gasteiger partial charge in [-0.15, -0.1) is 0 Å². The normalized spacial score (nSPS) is 15.6. The van der Waals surface area contributed by atoms with E-state index in [1.807, 2.05) is 0 Å². The van der Waals surface area contributed by atoms with Crippen LogP contribution in [0.25, 0.3) is 10.8 Å². The minimum atomic E-state index is -1.50. The van der Waals surface area contributed by atoms with E-state index in [4.69, 9.17) is 0 Å². The molecule has 10 heteroatoms. The molecule has 0 bridgehead atoms. The molecule has 10 nitrogen and oxygen atoms in total. The van der Waals surface area contributed by atoms with Gasteiger partial charge >= 0.3 is 11.9 Å². The van der Waals surface area contributed by atoms with E-state index >= 15 is 0 Å². The molecular weight excluding hydrogens is 540 g/mol. The van der Waals surface area contributed by atoms with Crippen molar-refractivity contribution in [2.24, 2.45) is 0 Å². The number of aliphatic carboxylic acids is 2. The molecule has 2 heterocycles. The maximum atomic E-state index is 13.7. The molecule has 4 aromatic rings. The standard InChI is InChI=1S/C32H22N2O8/c35-27-19-11-13-21-26-22(30(38)34(29(21)37)24(32(41)42)16-18-9-5-2-6-10-18)14-12-20(25(19)26)28(36)33(27)23(31(39)40)15-17-7-3-1-4-8-17/h1-14,23-24H,15-16H2,(H,39,40)(H,41,42)/t23-,24-/m0/s1. The Balaban J connectivity index is 1.44. The second-order valence-electron chi connectivity index (χ2n) is 10.1. The van der Waals surface area contributed by atoms with E-state index in [2.05, 4.69) is 0 Å². The van der Waals surface area contributed by atoms with Gasteiger partial charge in [-0.3, -0.25) is 29.0 Å². The number of hydrogen-bond acceptors (Lipinski definition) is 6. The van der Waals surface area contributed by atoms with Crippen LogP contribution in [0.2, 0.25) is 0 Å². The summed E-state index contributed by atoms with van der Waals surface area (Å²) < 4.78 is 0. The predicted octanol–water partition coefficient (Wildman–Crippen LogP) is 3.42. The lowest BCUT2D eigenvalue weighted by Crippen LogP contribution is -2.53. The monoisotopic (exact) mass is 562 g/mol. The van der Waals surface area contributed by atoms with E-state index in [0.717, 1.165) is 0 Å². The average Bonchev–Trinajstić information content (AvgIpc) is 2.98. The molecule has 4 aromatic carbocycles. The van der Waals surface area contributed by atoms with E-state index in [9.17, 15) is 39.0 Å². The number of nitrogens with zero attached hydrogens (tertiary/aromatic N) is 2. The molecule has 0 radical (unpaired) electrons. The smallest absolute Gasteiger partial charge is 0.327 e. The Hall–Kier alpha value is -5.64. The highest BCUT2D eigenvalue weighted by Gasteiger charge is 2.45. The van der Waals surface area contributed by atoms with Crippen LogP contribution in [0.4, 0.5) is 0 Å². The first-order valence-corrected chi connectivity index (χ1v) is 13.1. The number of carboxylic acids is 2. The first-order chi connectivity index (χ1) is 20.2. The molecule has 0 aliphatic carbocycles. The lowest BCUT2D eigenvalue weighted by atomic mass is 9.84. The van der Waals surface area contributed by atoms with Gasteiger partial charge in [-0.1, -0.05) is 60.7 Å². The van der Waals surface area contributed by atoms with Crippen LogP contribution in [0, 0.1) is 0 Å². The number of hydrogen-bond donors (Lipinski definition) is 2. The number of carboxylic acid groups (broad SMARTS) is 2. The van der Waals surface area contributed by atoms with Gasteiger partial charge in [-0.25, -0.2) is 9.59 Å². The molecular formula is C32H22N2O8. The van der Waals surface area contributed by atoms with E-state index in [0.29, 0.717) is 20.9 Å². The summed E-state index contributed by atoms with van der Waals surface area (Å²) in [5, 5.41) is 20.2. The van der Waals surface area contributed by atoms with Gasteiger partial charge in [-0.05, 0) is 35.4 Å². The molecule has 2 atom stereocenters. The average molecular weight is 563 g/mol. The zero-order chi connectivity index (χ0) is 29.7. The van der Waals surface area contributed by atoms with Crippen molar-refractivity contribution in [2.75, 3.05) is 0 Å². The molecule has 2 aliphatic rings. The topological polar surface area (TPSA) is 149 Å². The Kier molecular flexibility index (Phi) is 6.38.